The molecule has 1 aliphatic heterocycles. The Balaban J connectivity index is 1.68. The van der Waals surface area contributed by atoms with Gasteiger partial charge in [-0.05, 0) is 56.3 Å². The Morgan fingerprint density at radius 2 is 1.69 bits per heavy atom. The van der Waals surface area contributed by atoms with E-state index in [2.05, 4.69) is 19.6 Å². The van der Waals surface area contributed by atoms with Crippen molar-refractivity contribution in [3.8, 4) is 11.4 Å². The van der Waals surface area contributed by atoms with Gasteiger partial charge in [-0.15, -0.1) is 10.2 Å². The first-order valence-electron chi connectivity index (χ1n) is 10.00. The summed E-state index contributed by atoms with van der Waals surface area (Å²) in [5, 5.41) is 8.31. The average molecular weight is 480 g/mol. The van der Waals surface area contributed by atoms with Crippen molar-refractivity contribution < 1.29 is 21.2 Å². The second-order valence-corrected chi connectivity index (χ2v) is 11.0. The lowest BCUT2D eigenvalue weighted by Gasteiger charge is -2.12. The molecule has 2 heterocycles. The highest BCUT2D eigenvalue weighted by molar-refractivity contribution is 7.93. The number of fused-ring (bicyclic) bond motifs is 1. The fraction of sp³-hybridized carbons (Fsp3) is 0.300. The lowest BCUT2D eigenvalue weighted by atomic mass is 10.1. The van der Waals surface area contributed by atoms with Crippen LogP contribution in [0.1, 0.15) is 25.1 Å². The molecule has 0 spiro atoms. The van der Waals surface area contributed by atoms with E-state index >= 15 is 0 Å². The molecular formula is C20H22FN5O4S2. The summed E-state index contributed by atoms with van der Waals surface area (Å²) in [5.41, 5.74) is 0.256. The number of aromatic nitrogens is 3. The standard InChI is InChI=1S/C20H22FN5O4S2/c1-22-31(27,28)15-6-5-7-16(13-15)32(29,30)25-14-9-10-18(21)17(12-14)20-24-23-19-8-3-2-4-11-26(19)20/h5-7,9-10,12-13,22,25H,2-4,8,11H2,1H3. The Morgan fingerprint density at radius 1 is 0.938 bits per heavy atom. The van der Waals surface area contributed by atoms with Crippen LogP contribution in [-0.4, -0.2) is 38.6 Å². The van der Waals surface area contributed by atoms with Gasteiger partial charge in [0.1, 0.15) is 11.6 Å². The first-order chi connectivity index (χ1) is 15.2. The molecule has 0 fully saturated rings. The summed E-state index contributed by atoms with van der Waals surface area (Å²) in [4.78, 5) is -0.426. The molecule has 0 saturated heterocycles. The second-order valence-electron chi connectivity index (χ2n) is 7.38. The predicted molar refractivity (Wildman–Crippen MR) is 116 cm³/mol. The van der Waals surface area contributed by atoms with E-state index in [0.29, 0.717) is 12.4 Å². The van der Waals surface area contributed by atoms with Crippen LogP contribution in [0.2, 0.25) is 0 Å². The summed E-state index contributed by atoms with van der Waals surface area (Å²) >= 11 is 0. The van der Waals surface area contributed by atoms with Crippen molar-refractivity contribution in [1.82, 2.24) is 19.5 Å². The zero-order chi connectivity index (χ0) is 22.9. The summed E-state index contributed by atoms with van der Waals surface area (Å²) in [6.07, 6.45) is 3.72. The highest BCUT2D eigenvalue weighted by atomic mass is 32.2. The first kappa shape index (κ1) is 22.4. The molecule has 9 nitrogen and oxygen atoms in total. The maximum absolute atomic E-state index is 14.7. The number of rotatable bonds is 6. The number of nitrogens with one attached hydrogen (secondary N) is 2. The smallest absolute Gasteiger partial charge is 0.261 e. The molecule has 32 heavy (non-hydrogen) atoms. The van der Waals surface area contributed by atoms with E-state index in [9.17, 15) is 21.2 Å². The summed E-state index contributed by atoms with van der Waals surface area (Å²) < 4.78 is 70.8. The summed E-state index contributed by atoms with van der Waals surface area (Å²) in [6, 6.07) is 8.77. The van der Waals surface area contributed by atoms with Crippen LogP contribution < -0.4 is 9.44 Å². The predicted octanol–water partition coefficient (Wildman–Crippen LogP) is 2.52. The molecule has 4 rings (SSSR count). The molecule has 1 aliphatic rings. The Morgan fingerprint density at radius 3 is 2.44 bits per heavy atom. The third kappa shape index (κ3) is 4.38. The lowest BCUT2D eigenvalue weighted by Crippen LogP contribution is -2.19. The van der Waals surface area contributed by atoms with Gasteiger partial charge in [-0.25, -0.2) is 25.9 Å². The summed E-state index contributed by atoms with van der Waals surface area (Å²) in [6.45, 7) is 0.666. The Kier molecular flexibility index (Phi) is 6.01. The van der Waals surface area contributed by atoms with Crippen molar-refractivity contribution in [3.05, 3.63) is 54.1 Å². The molecule has 2 aromatic carbocycles. The summed E-state index contributed by atoms with van der Waals surface area (Å²) in [5.74, 6) is 0.586. The molecule has 3 aromatic rings. The van der Waals surface area contributed by atoms with Gasteiger partial charge < -0.3 is 4.57 Å². The molecule has 0 bridgehead atoms. The van der Waals surface area contributed by atoms with Gasteiger partial charge in [0, 0.05) is 18.7 Å². The van der Waals surface area contributed by atoms with Gasteiger partial charge in [-0.3, -0.25) is 4.72 Å². The maximum Gasteiger partial charge on any atom is 0.261 e. The van der Waals surface area contributed by atoms with Crippen molar-refractivity contribution in [1.29, 1.82) is 0 Å². The van der Waals surface area contributed by atoms with Crippen molar-refractivity contribution in [2.75, 3.05) is 11.8 Å². The number of aryl methyl sites for hydroxylation is 1. The number of hydrogen-bond acceptors (Lipinski definition) is 6. The Hall–Kier alpha value is -2.83. The van der Waals surface area contributed by atoms with Gasteiger partial charge >= 0.3 is 0 Å². The number of hydrogen-bond donors (Lipinski definition) is 2. The number of sulfonamides is 2. The number of anilines is 1. The lowest BCUT2D eigenvalue weighted by molar-refractivity contribution is 0.588. The van der Waals surface area contributed by atoms with Gasteiger partial charge in [0.2, 0.25) is 10.0 Å². The third-order valence-corrected chi connectivity index (χ3v) is 8.05. The number of benzene rings is 2. The highest BCUT2D eigenvalue weighted by Gasteiger charge is 2.22. The topological polar surface area (TPSA) is 123 Å². The fourth-order valence-corrected chi connectivity index (χ4v) is 5.53. The van der Waals surface area contributed by atoms with Gasteiger partial charge in [-0.1, -0.05) is 12.5 Å². The highest BCUT2D eigenvalue weighted by Crippen LogP contribution is 2.28. The molecule has 0 radical (unpaired) electrons. The van der Waals surface area contributed by atoms with Crippen molar-refractivity contribution in [3.63, 3.8) is 0 Å². The van der Waals surface area contributed by atoms with Crippen LogP contribution >= 0.6 is 0 Å². The number of halogens is 1. The Bertz CT molecular complexity index is 1370. The molecule has 12 heteroatoms. The van der Waals surface area contributed by atoms with Crippen LogP contribution in [0.5, 0.6) is 0 Å². The zero-order valence-electron chi connectivity index (χ0n) is 17.2. The van der Waals surface area contributed by atoms with E-state index < -0.39 is 25.9 Å². The molecule has 0 aliphatic carbocycles. The van der Waals surface area contributed by atoms with Crippen LogP contribution in [0.25, 0.3) is 11.4 Å². The molecule has 1 aromatic heterocycles. The monoisotopic (exact) mass is 479 g/mol. The average Bonchev–Trinajstić information content (AvgIpc) is 3.02. The van der Waals surface area contributed by atoms with E-state index in [1.165, 1.54) is 37.4 Å². The van der Waals surface area contributed by atoms with Crippen molar-refractivity contribution in [2.24, 2.45) is 0 Å². The third-order valence-electron chi connectivity index (χ3n) is 5.26. The second kappa shape index (κ2) is 8.60. The molecular weight excluding hydrogens is 457 g/mol. The SMILES string of the molecule is CNS(=O)(=O)c1cccc(S(=O)(=O)Nc2ccc(F)c(-c3nnc4n3CCCCC4)c2)c1. The first-order valence-corrected chi connectivity index (χ1v) is 13.0. The van der Waals surface area contributed by atoms with Gasteiger partial charge in [0.15, 0.2) is 5.82 Å². The normalized spacial score (nSPS) is 14.6. The van der Waals surface area contributed by atoms with E-state index in [-0.39, 0.29) is 21.0 Å². The minimum Gasteiger partial charge on any atom is -0.311 e. The van der Waals surface area contributed by atoms with Gasteiger partial charge in [0.25, 0.3) is 10.0 Å². The largest absolute Gasteiger partial charge is 0.311 e. The van der Waals surface area contributed by atoms with Crippen LogP contribution in [0, 0.1) is 5.82 Å². The molecule has 0 unspecified atom stereocenters. The van der Waals surface area contributed by atoms with Crippen LogP contribution in [0.15, 0.2) is 52.3 Å². The molecule has 2 N–H and O–H groups in total. The van der Waals surface area contributed by atoms with E-state index in [4.69, 9.17) is 0 Å². The van der Waals surface area contributed by atoms with Crippen LogP contribution in [-0.2, 0) is 33.0 Å². The van der Waals surface area contributed by atoms with Crippen molar-refractivity contribution >= 4 is 25.7 Å². The fourth-order valence-electron chi connectivity index (χ4n) is 3.58. The van der Waals surface area contributed by atoms with E-state index in [0.717, 1.165) is 43.6 Å². The van der Waals surface area contributed by atoms with Crippen LogP contribution in [0.4, 0.5) is 10.1 Å². The van der Waals surface area contributed by atoms with Crippen LogP contribution in [0.3, 0.4) is 0 Å². The zero-order valence-corrected chi connectivity index (χ0v) is 18.9. The Labute approximate surface area is 185 Å². The molecule has 0 saturated carbocycles. The molecule has 0 amide bonds. The number of nitrogens with zero attached hydrogens (tertiary/aromatic N) is 3. The maximum atomic E-state index is 14.7. The van der Waals surface area contributed by atoms with Gasteiger partial charge in [0.05, 0.1) is 15.4 Å². The van der Waals surface area contributed by atoms with E-state index in [1.807, 2.05) is 4.57 Å². The quantitative estimate of drug-likeness (QED) is 0.560. The van der Waals surface area contributed by atoms with Crippen molar-refractivity contribution in [2.45, 2.75) is 42.0 Å². The molecule has 170 valence electrons. The summed E-state index contributed by atoms with van der Waals surface area (Å²) in [7, 11) is -6.71. The van der Waals surface area contributed by atoms with Gasteiger partial charge in [-0.2, -0.15) is 0 Å². The minimum atomic E-state index is -4.13. The van der Waals surface area contributed by atoms with E-state index in [1.54, 1.807) is 0 Å². The minimum absolute atomic E-state index is 0.120. The molecule has 0 atom stereocenters.